The van der Waals surface area contributed by atoms with Gasteiger partial charge >= 0.3 is 0 Å². The predicted octanol–water partition coefficient (Wildman–Crippen LogP) is 4.38. The lowest BCUT2D eigenvalue weighted by Crippen LogP contribution is -2.24. The number of nitrogens with zero attached hydrogens (tertiary/aromatic N) is 2. The van der Waals surface area contributed by atoms with Crippen molar-refractivity contribution in [2.24, 2.45) is 0 Å². The molecule has 28 heavy (non-hydrogen) atoms. The van der Waals surface area contributed by atoms with Gasteiger partial charge in [-0.25, -0.2) is 4.39 Å². The summed E-state index contributed by atoms with van der Waals surface area (Å²) in [5.74, 6) is -0.288. The average molecular weight is 376 g/mol. The Morgan fingerprint density at radius 2 is 1.71 bits per heavy atom. The van der Waals surface area contributed by atoms with Crippen molar-refractivity contribution in [2.75, 3.05) is 0 Å². The van der Waals surface area contributed by atoms with Gasteiger partial charge in [0, 0.05) is 25.6 Å². The summed E-state index contributed by atoms with van der Waals surface area (Å²) in [7, 11) is 0. The lowest BCUT2D eigenvalue weighted by molar-refractivity contribution is -0.119. The van der Waals surface area contributed by atoms with E-state index >= 15 is 0 Å². The van der Waals surface area contributed by atoms with E-state index in [4.69, 9.17) is 0 Å². The molecule has 4 aromatic rings. The van der Waals surface area contributed by atoms with Crippen molar-refractivity contribution < 1.29 is 9.18 Å². The second kappa shape index (κ2) is 7.80. The molecule has 4 nitrogen and oxygen atoms in total. The quantitative estimate of drug-likeness (QED) is 0.481. The molecule has 2 heterocycles. The zero-order valence-corrected chi connectivity index (χ0v) is 15.5. The van der Waals surface area contributed by atoms with Crippen LogP contribution in [0.15, 0.2) is 71.7 Å². The first-order valence-electron chi connectivity index (χ1n) is 9.48. The second-order valence-corrected chi connectivity index (χ2v) is 6.98. The van der Waals surface area contributed by atoms with E-state index in [0.29, 0.717) is 17.5 Å². The van der Waals surface area contributed by atoms with E-state index < -0.39 is 5.82 Å². The number of carbonyl (C=O) groups excluding carboxylic acids is 1. The molecule has 0 atom stereocenters. The monoisotopic (exact) mass is 376 g/mol. The van der Waals surface area contributed by atoms with Crippen LogP contribution in [0.4, 0.5) is 4.39 Å². The Hall–Kier alpha value is -3.21. The van der Waals surface area contributed by atoms with Crippen LogP contribution in [0.5, 0.6) is 0 Å². The summed E-state index contributed by atoms with van der Waals surface area (Å²) in [4.78, 5) is 25.2. The van der Waals surface area contributed by atoms with E-state index in [1.165, 1.54) is 22.3 Å². The molecule has 0 amide bonds. The van der Waals surface area contributed by atoms with Gasteiger partial charge in [0.05, 0.1) is 11.0 Å². The van der Waals surface area contributed by atoms with E-state index in [-0.39, 0.29) is 24.3 Å². The molecule has 2 aromatic carbocycles. The van der Waals surface area contributed by atoms with Crippen molar-refractivity contribution >= 4 is 22.3 Å². The molecule has 0 radical (unpaired) electrons. The van der Waals surface area contributed by atoms with Crippen molar-refractivity contribution in [3.63, 3.8) is 0 Å². The van der Waals surface area contributed by atoms with Crippen LogP contribution in [0.25, 0.3) is 16.6 Å². The molecule has 0 aliphatic rings. The highest BCUT2D eigenvalue weighted by atomic mass is 19.1. The highest BCUT2D eigenvalue weighted by molar-refractivity contribution is 5.80. The topological polar surface area (TPSA) is 43.5 Å². The summed E-state index contributed by atoms with van der Waals surface area (Å²) < 4.78 is 17.1. The summed E-state index contributed by atoms with van der Waals surface area (Å²) in [5, 5.41) is 0. The Balaban J connectivity index is 1.51. The maximum atomic E-state index is 13.8. The third kappa shape index (κ3) is 3.60. The van der Waals surface area contributed by atoms with Gasteiger partial charge in [-0.15, -0.1) is 0 Å². The van der Waals surface area contributed by atoms with Crippen molar-refractivity contribution in [2.45, 2.75) is 32.2 Å². The number of benzene rings is 2. The Labute approximate surface area is 161 Å². The van der Waals surface area contributed by atoms with Crippen LogP contribution < -0.4 is 5.56 Å². The van der Waals surface area contributed by atoms with Crippen LogP contribution in [0, 0.1) is 5.82 Å². The molecule has 0 aliphatic heterocycles. The van der Waals surface area contributed by atoms with Gasteiger partial charge in [0.1, 0.15) is 17.1 Å². The zero-order valence-electron chi connectivity index (χ0n) is 15.5. The molecule has 5 heteroatoms. The van der Waals surface area contributed by atoms with Crippen molar-refractivity contribution in [3.05, 3.63) is 88.6 Å². The minimum Gasteiger partial charge on any atom is -0.310 e. The maximum absolute atomic E-state index is 13.8. The summed E-state index contributed by atoms with van der Waals surface area (Å²) in [6.45, 7) is 0.255. The van der Waals surface area contributed by atoms with Gasteiger partial charge in [-0.3, -0.25) is 9.59 Å². The molecule has 0 N–H and O–H groups in total. The van der Waals surface area contributed by atoms with Crippen LogP contribution >= 0.6 is 0 Å². The molecule has 0 bridgehead atoms. The van der Waals surface area contributed by atoms with E-state index in [2.05, 4.69) is 12.1 Å². The molecular formula is C23H21FN2O2. The number of aryl methyl sites for hydroxylation is 2. The number of ketones is 1. The van der Waals surface area contributed by atoms with E-state index in [1.807, 2.05) is 18.2 Å². The van der Waals surface area contributed by atoms with Crippen LogP contribution in [0.1, 0.15) is 24.8 Å². The normalized spacial score (nSPS) is 11.3. The van der Waals surface area contributed by atoms with E-state index in [9.17, 15) is 14.0 Å². The Kier molecular flexibility index (Phi) is 5.06. The van der Waals surface area contributed by atoms with Crippen molar-refractivity contribution in [3.8, 4) is 0 Å². The van der Waals surface area contributed by atoms with Gasteiger partial charge in [0.25, 0.3) is 5.56 Å². The number of hydrogen-bond donors (Lipinski definition) is 0. The van der Waals surface area contributed by atoms with Crippen LogP contribution in [-0.2, 0) is 17.8 Å². The van der Waals surface area contributed by atoms with Crippen molar-refractivity contribution in [1.29, 1.82) is 0 Å². The smallest absolute Gasteiger partial charge is 0.275 e. The predicted molar refractivity (Wildman–Crippen MR) is 108 cm³/mol. The summed E-state index contributed by atoms with van der Waals surface area (Å²) in [5.41, 5.74) is 2.78. The molecule has 0 unspecified atom stereocenters. The second-order valence-electron chi connectivity index (χ2n) is 6.98. The largest absolute Gasteiger partial charge is 0.310 e. The van der Waals surface area contributed by atoms with Crippen LogP contribution in [0.2, 0.25) is 0 Å². The fourth-order valence-corrected chi connectivity index (χ4v) is 3.65. The lowest BCUT2D eigenvalue weighted by atomic mass is 10.1. The first-order chi connectivity index (χ1) is 13.6. The Morgan fingerprint density at radius 3 is 2.54 bits per heavy atom. The first-order valence-corrected chi connectivity index (χ1v) is 9.48. The average Bonchev–Trinajstić information content (AvgIpc) is 3.19. The molecule has 142 valence electrons. The summed E-state index contributed by atoms with van der Waals surface area (Å²) in [6, 6.07) is 18.0. The molecular weight excluding hydrogens is 355 g/mol. The van der Waals surface area contributed by atoms with E-state index in [1.54, 1.807) is 28.8 Å². The number of hydrogen-bond acceptors (Lipinski definition) is 2. The highest BCUT2D eigenvalue weighted by Crippen LogP contribution is 2.17. The molecule has 4 rings (SSSR count). The first kappa shape index (κ1) is 18.2. The number of carbonyl (C=O) groups is 1. The lowest BCUT2D eigenvalue weighted by Gasteiger charge is -2.12. The number of rotatable bonds is 7. The van der Waals surface area contributed by atoms with Gasteiger partial charge in [0.15, 0.2) is 0 Å². The minimum absolute atomic E-state index is 0.114. The molecule has 2 aromatic heterocycles. The SMILES string of the molecule is O=C(CCCc1ccccc1)CCn1c(=O)c2cccn2c2ccc(F)cc21. The number of fused-ring (bicyclic) bond motifs is 3. The van der Waals surface area contributed by atoms with Gasteiger partial charge in [-0.05, 0) is 48.7 Å². The van der Waals surface area contributed by atoms with Crippen molar-refractivity contribution in [1.82, 2.24) is 8.97 Å². The fourth-order valence-electron chi connectivity index (χ4n) is 3.65. The Bertz CT molecular complexity index is 1190. The van der Waals surface area contributed by atoms with Gasteiger partial charge in [0.2, 0.25) is 0 Å². The fraction of sp³-hybridized carbons (Fsp3) is 0.217. The Morgan fingerprint density at radius 1 is 0.893 bits per heavy atom. The number of Topliss-reactive ketones (excluding diaryl/α,β-unsaturated/α-hetero) is 1. The van der Waals surface area contributed by atoms with Crippen LogP contribution in [0.3, 0.4) is 0 Å². The number of halogens is 1. The van der Waals surface area contributed by atoms with Gasteiger partial charge in [-0.1, -0.05) is 30.3 Å². The zero-order chi connectivity index (χ0) is 19.5. The summed E-state index contributed by atoms with van der Waals surface area (Å²) >= 11 is 0. The number of aromatic nitrogens is 2. The third-order valence-corrected chi connectivity index (χ3v) is 5.08. The van der Waals surface area contributed by atoms with Gasteiger partial charge < -0.3 is 8.97 Å². The van der Waals surface area contributed by atoms with Crippen LogP contribution in [-0.4, -0.2) is 14.8 Å². The minimum atomic E-state index is -0.402. The van der Waals surface area contributed by atoms with Gasteiger partial charge in [-0.2, -0.15) is 0 Å². The molecule has 0 fully saturated rings. The highest BCUT2D eigenvalue weighted by Gasteiger charge is 2.12. The summed E-state index contributed by atoms with van der Waals surface area (Å²) in [6.07, 6.45) is 4.16. The molecule has 0 spiro atoms. The molecule has 0 saturated carbocycles. The standard InChI is InChI=1S/C23H21FN2O2/c24-18-11-12-20-22(16-18)26(23(28)21-10-5-14-25(20)21)15-13-19(27)9-4-8-17-6-2-1-3-7-17/h1-3,5-7,10-12,14,16H,4,8-9,13,15H2. The van der Waals surface area contributed by atoms with E-state index in [0.717, 1.165) is 18.4 Å². The molecule has 0 aliphatic carbocycles. The maximum Gasteiger partial charge on any atom is 0.275 e. The third-order valence-electron chi connectivity index (χ3n) is 5.08. The molecule has 0 saturated heterocycles.